The van der Waals surface area contributed by atoms with Gasteiger partial charge in [0.25, 0.3) is 0 Å². The van der Waals surface area contributed by atoms with E-state index in [1.807, 2.05) is 18.2 Å². The number of nitrogens with one attached hydrogen (secondary N) is 1. The molecule has 5 nitrogen and oxygen atoms in total. The molecular weight excluding hydrogens is 424 g/mol. The van der Waals surface area contributed by atoms with Gasteiger partial charge in [0.05, 0.1) is 5.69 Å². The van der Waals surface area contributed by atoms with E-state index in [1.165, 1.54) is 5.57 Å². The highest BCUT2D eigenvalue weighted by molar-refractivity contribution is 8.93. The molecule has 7 heteroatoms. The minimum absolute atomic E-state index is 0. The van der Waals surface area contributed by atoms with Gasteiger partial charge in [-0.05, 0) is 36.0 Å². The SMILES string of the molecule is Br.Br.Oc1cccc(-c2ccc(N3CC4=CNCC4C3)nn2)c1. The molecule has 0 amide bonds. The molecule has 1 aromatic heterocycles. The van der Waals surface area contributed by atoms with Gasteiger partial charge in [-0.2, -0.15) is 0 Å². The molecule has 2 N–H and O–H groups in total. The van der Waals surface area contributed by atoms with E-state index in [0.717, 1.165) is 36.7 Å². The molecule has 1 fully saturated rings. The Bertz CT molecular complexity index is 705. The van der Waals surface area contributed by atoms with E-state index in [2.05, 4.69) is 26.6 Å². The lowest BCUT2D eigenvalue weighted by molar-refractivity contribution is 0.475. The lowest BCUT2D eigenvalue weighted by Gasteiger charge is -2.16. The number of phenols is 1. The van der Waals surface area contributed by atoms with Crippen molar-refractivity contribution < 1.29 is 5.11 Å². The number of phenolic OH excluding ortho intramolecular Hbond substituents is 1. The summed E-state index contributed by atoms with van der Waals surface area (Å²) in [5.74, 6) is 1.76. The molecule has 1 atom stereocenters. The summed E-state index contributed by atoms with van der Waals surface area (Å²) in [6.07, 6.45) is 2.12. The molecule has 23 heavy (non-hydrogen) atoms. The van der Waals surface area contributed by atoms with Gasteiger partial charge in [0.1, 0.15) is 5.75 Å². The summed E-state index contributed by atoms with van der Waals surface area (Å²) in [5.41, 5.74) is 3.10. The third-order valence-electron chi connectivity index (χ3n) is 4.11. The number of hydrogen-bond acceptors (Lipinski definition) is 5. The van der Waals surface area contributed by atoms with Gasteiger partial charge in [0.2, 0.25) is 0 Å². The smallest absolute Gasteiger partial charge is 0.151 e. The van der Waals surface area contributed by atoms with Crippen LogP contribution < -0.4 is 10.2 Å². The maximum Gasteiger partial charge on any atom is 0.151 e. The maximum atomic E-state index is 9.52. The van der Waals surface area contributed by atoms with E-state index in [1.54, 1.807) is 18.2 Å². The first-order valence-corrected chi connectivity index (χ1v) is 7.10. The Morgan fingerprint density at radius 2 is 2.00 bits per heavy atom. The summed E-state index contributed by atoms with van der Waals surface area (Å²) < 4.78 is 0. The van der Waals surface area contributed by atoms with Crippen LogP contribution in [0.5, 0.6) is 5.75 Å². The van der Waals surface area contributed by atoms with Crippen molar-refractivity contribution in [1.29, 1.82) is 0 Å². The van der Waals surface area contributed by atoms with Crippen LogP contribution in [-0.2, 0) is 0 Å². The van der Waals surface area contributed by atoms with Crippen molar-refractivity contribution in [2.75, 3.05) is 24.5 Å². The number of hydrogen-bond donors (Lipinski definition) is 2. The highest BCUT2D eigenvalue weighted by atomic mass is 79.9. The number of rotatable bonds is 2. The van der Waals surface area contributed by atoms with Gasteiger partial charge < -0.3 is 15.3 Å². The molecule has 2 aromatic rings. The third kappa shape index (κ3) is 3.50. The molecule has 0 radical (unpaired) electrons. The number of anilines is 1. The monoisotopic (exact) mass is 440 g/mol. The Hall–Kier alpha value is -1.60. The fraction of sp³-hybridized carbons (Fsp3) is 0.250. The molecule has 2 aliphatic heterocycles. The summed E-state index contributed by atoms with van der Waals surface area (Å²) in [6.45, 7) is 2.96. The quantitative estimate of drug-likeness (QED) is 0.750. The van der Waals surface area contributed by atoms with E-state index >= 15 is 0 Å². The van der Waals surface area contributed by atoms with Crippen molar-refractivity contribution in [2.45, 2.75) is 0 Å². The average Bonchev–Trinajstić information content (AvgIpc) is 3.09. The average molecular weight is 442 g/mol. The number of fused-ring (bicyclic) bond motifs is 1. The molecule has 122 valence electrons. The lowest BCUT2D eigenvalue weighted by atomic mass is 10.1. The van der Waals surface area contributed by atoms with E-state index in [0.29, 0.717) is 5.92 Å². The zero-order valence-electron chi connectivity index (χ0n) is 12.3. The summed E-state index contributed by atoms with van der Waals surface area (Å²) in [4.78, 5) is 2.26. The van der Waals surface area contributed by atoms with Crippen LogP contribution in [0.4, 0.5) is 5.82 Å². The first-order valence-electron chi connectivity index (χ1n) is 7.10. The predicted molar refractivity (Wildman–Crippen MR) is 102 cm³/mol. The van der Waals surface area contributed by atoms with Crippen molar-refractivity contribution in [1.82, 2.24) is 15.5 Å². The molecule has 0 spiro atoms. The van der Waals surface area contributed by atoms with Crippen LogP contribution >= 0.6 is 34.0 Å². The Labute approximate surface area is 156 Å². The molecule has 3 heterocycles. The van der Waals surface area contributed by atoms with Crippen molar-refractivity contribution in [2.24, 2.45) is 5.92 Å². The molecule has 0 aliphatic carbocycles. The van der Waals surface area contributed by atoms with E-state index in [9.17, 15) is 5.11 Å². The number of aromatic hydroxyl groups is 1. The van der Waals surface area contributed by atoms with Gasteiger partial charge in [0.15, 0.2) is 5.82 Å². The van der Waals surface area contributed by atoms with Crippen LogP contribution in [0.2, 0.25) is 0 Å². The van der Waals surface area contributed by atoms with Crippen molar-refractivity contribution in [3.8, 4) is 17.0 Å². The number of nitrogens with zero attached hydrogens (tertiary/aromatic N) is 3. The van der Waals surface area contributed by atoms with E-state index in [-0.39, 0.29) is 39.7 Å². The second kappa shape index (κ2) is 7.31. The zero-order chi connectivity index (χ0) is 14.2. The van der Waals surface area contributed by atoms with Gasteiger partial charge in [-0.1, -0.05) is 12.1 Å². The summed E-state index contributed by atoms with van der Waals surface area (Å²) in [7, 11) is 0. The Kier molecular flexibility index (Phi) is 5.64. The Morgan fingerprint density at radius 3 is 2.70 bits per heavy atom. The van der Waals surface area contributed by atoms with Crippen molar-refractivity contribution in [3.63, 3.8) is 0 Å². The molecule has 0 saturated carbocycles. The van der Waals surface area contributed by atoms with Crippen molar-refractivity contribution >= 4 is 39.8 Å². The maximum absolute atomic E-state index is 9.52. The molecule has 1 saturated heterocycles. The Morgan fingerprint density at radius 1 is 1.13 bits per heavy atom. The zero-order valence-corrected chi connectivity index (χ0v) is 15.8. The lowest BCUT2D eigenvalue weighted by Crippen LogP contribution is -2.24. The molecule has 0 bridgehead atoms. The minimum atomic E-state index is 0. The van der Waals surface area contributed by atoms with E-state index < -0.39 is 0 Å². The molecule has 2 aliphatic rings. The minimum Gasteiger partial charge on any atom is -0.508 e. The van der Waals surface area contributed by atoms with Crippen LogP contribution in [-0.4, -0.2) is 34.9 Å². The normalized spacial score (nSPS) is 18.3. The topological polar surface area (TPSA) is 61.3 Å². The summed E-state index contributed by atoms with van der Waals surface area (Å²) >= 11 is 0. The van der Waals surface area contributed by atoms with Crippen LogP contribution in [0.3, 0.4) is 0 Å². The fourth-order valence-corrected chi connectivity index (χ4v) is 2.98. The van der Waals surface area contributed by atoms with Gasteiger partial charge in [-0.3, -0.25) is 0 Å². The molecule has 1 unspecified atom stereocenters. The second-order valence-corrected chi connectivity index (χ2v) is 5.53. The van der Waals surface area contributed by atoms with Crippen LogP contribution in [0, 0.1) is 5.92 Å². The number of halogens is 2. The second-order valence-electron chi connectivity index (χ2n) is 5.53. The van der Waals surface area contributed by atoms with Crippen molar-refractivity contribution in [3.05, 3.63) is 48.2 Å². The highest BCUT2D eigenvalue weighted by Crippen LogP contribution is 2.29. The summed E-state index contributed by atoms with van der Waals surface area (Å²) in [6, 6.07) is 11.0. The molecule has 1 aromatic carbocycles. The Balaban J connectivity index is 0.000000960. The highest BCUT2D eigenvalue weighted by Gasteiger charge is 2.30. The third-order valence-corrected chi connectivity index (χ3v) is 4.11. The van der Waals surface area contributed by atoms with Crippen LogP contribution in [0.15, 0.2) is 48.2 Å². The number of aromatic nitrogens is 2. The van der Waals surface area contributed by atoms with Crippen LogP contribution in [0.25, 0.3) is 11.3 Å². The first-order chi connectivity index (χ1) is 10.3. The van der Waals surface area contributed by atoms with Gasteiger partial charge in [-0.25, -0.2) is 0 Å². The summed E-state index contributed by atoms with van der Waals surface area (Å²) in [5, 5.41) is 21.4. The van der Waals surface area contributed by atoms with Gasteiger partial charge in [-0.15, -0.1) is 44.2 Å². The predicted octanol–water partition coefficient (Wildman–Crippen LogP) is 2.93. The largest absolute Gasteiger partial charge is 0.508 e. The van der Waals surface area contributed by atoms with Crippen LogP contribution in [0.1, 0.15) is 0 Å². The number of benzene rings is 1. The molecule has 4 rings (SSSR count). The van der Waals surface area contributed by atoms with Gasteiger partial charge >= 0.3 is 0 Å². The first kappa shape index (κ1) is 17.7. The standard InChI is InChI=1S/C16H16N4O.2BrH/c21-14-3-1-2-11(6-14)15-4-5-16(19-18-15)20-9-12-7-17-8-13(12)10-20;;/h1-7,13,17,21H,8-10H2;2*1H. The molecular formula is C16H18Br2N4O. The van der Waals surface area contributed by atoms with Gasteiger partial charge in [0, 0.05) is 31.1 Å². The fourth-order valence-electron chi connectivity index (χ4n) is 2.98. The van der Waals surface area contributed by atoms with E-state index in [4.69, 9.17) is 0 Å².